The van der Waals surface area contributed by atoms with Crippen molar-refractivity contribution in [1.82, 2.24) is 4.98 Å². The number of hydrogen-bond donors (Lipinski definition) is 2. The molecule has 0 aromatic carbocycles. The van der Waals surface area contributed by atoms with Crippen LogP contribution in [-0.2, 0) is 0 Å². The van der Waals surface area contributed by atoms with Gasteiger partial charge in [-0.2, -0.15) is 0 Å². The second-order valence-electron chi connectivity index (χ2n) is 3.54. The van der Waals surface area contributed by atoms with Crippen LogP contribution in [0.1, 0.15) is 25.7 Å². The first-order valence-electron chi connectivity index (χ1n) is 4.78. The molecule has 13 heavy (non-hydrogen) atoms. The largest absolute Gasteiger partial charge is 0.357 e. The van der Waals surface area contributed by atoms with Crippen LogP contribution in [-0.4, -0.2) is 17.1 Å². The van der Waals surface area contributed by atoms with Crippen LogP contribution in [0.2, 0.25) is 0 Å². The Morgan fingerprint density at radius 1 is 1.46 bits per heavy atom. The van der Waals surface area contributed by atoms with Gasteiger partial charge in [0.15, 0.2) is 5.13 Å². The molecule has 1 aromatic rings. The van der Waals surface area contributed by atoms with Gasteiger partial charge < -0.3 is 11.1 Å². The summed E-state index contributed by atoms with van der Waals surface area (Å²) in [6, 6.07) is 0.734. The zero-order valence-electron chi connectivity index (χ0n) is 7.57. The Labute approximate surface area is 82.4 Å². The summed E-state index contributed by atoms with van der Waals surface area (Å²) < 4.78 is 0. The maximum absolute atomic E-state index is 6.01. The fourth-order valence-corrected chi connectivity index (χ4v) is 2.38. The molecule has 1 aliphatic carbocycles. The Morgan fingerprint density at radius 2 is 2.31 bits per heavy atom. The predicted octanol–water partition coefficient (Wildman–Crippen LogP) is 1.82. The molecule has 1 saturated carbocycles. The lowest BCUT2D eigenvalue weighted by molar-refractivity contribution is 0.404. The van der Waals surface area contributed by atoms with E-state index < -0.39 is 0 Å². The van der Waals surface area contributed by atoms with Gasteiger partial charge in [0.1, 0.15) is 0 Å². The first kappa shape index (κ1) is 8.97. The summed E-state index contributed by atoms with van der Waals surface area (Å²) in [5, 5.41) is 6.38. The number of nitrogens with zero attached hydrogens (tertiary/aromatic N) is 1. The minimum absolute atomic E-state index is 0.303. The van der Waals surface area contributed by atoms with Crippen molar-refractivity contribution < 1.29 is 0 Å². The average Bonchev–Trinajstić information content (AvgIpc) is 2.61. The zero-order chi connectivity index (χ0) is 9.10. The molecule has 0 aliphatic heterocycles. The van der Waals surface area contributed by atoms with E-state index in [2.05, 4.69) is 10.3 Å². The van der Waals surface area contributed by atoms with Gasteiger partial charge in [-0.05, 0) is 12.8 Å². The average molecular weight is 197 g/mol. The molecule has 0 bridgehead atoms. The van der Waals surface area contributed by atoms with Crippen LogP contribution in [0.15, 0.2) is 11.6 Å². The maximum atomic E-state index is 6.01. The highest BCUT2D eigenvalue weighted by Gasteiger charge is 2.21. The molecule has 1 heterocycles. The summed E-state index contributed by atoms with van der Waals surface area (Å²) in [7, 11) is 0. The molecule has 2 atom stereocenters. The van der Waals surface area contributed by atoms with Gasteiger partial charge in [0.05, 0.1) is 0 Å². The third-order valence-corrected chi connectivity index (χ3v) is 3.26. The summed E-state index contributed by atoms with van der Waals surface area (Å²) in [4.78, 5) is 4.20. The number of nitrogens with one attached hydrogen (secondary N) is 1. The molecule has 0 spiro atoms. The standard InChI is InChI=1S/C9H15N3S/c10-7-3-1-2-4-8(7)12-9-11-5-6-13-9/h5-8H,1-4,10H2,(H,11,12)/t7-,8+/m1/s1. The molecule has 3 N–H and O–H groups in total. The number of nitrogens with two attached hydrogens (primary N) is 1. The molecule has 4 heteroatoms. The van der Waals surface area contributed by atoms with Crippen LogP contribution >= 0.6 is 11.3 Å². The maximum Gasteiger partial charge on any atom is 0.182 e. The van der Waals surface area contributed by atoms with Crippen molar-refractivity contribution >= 4 is 16.5 Å². The lowest BCUT2D eigenvalue weighted by Crippen LogP contribution is -2.42. The third kappa shape index (κ3) is 2.19. The summed E-state index contributed by atoms with van der Waals surface area (Å²) in [5.41, 5.74) is 6.01. The summed E-state index contributed by atoms with van der Waals surface area (Å²) >= 11 is 1.64. The van der Waals surface area contributed by atoms with Crippen LogP contribution in [0, 0.1) is 0 Å². The lowest BCUT2D eigenvalue weighted by atomic mass is 9.91. The van der Waals surface area contributed by atoms with E-state index in [0.717, 1.165) is 11.6 Å². The number of anilines is 1. The second kappa shape index (κ2) is 4.07. The molecule has 1 aromatic heterocycles. The molecule has 0 unspecified atom stereocenters. The van der Waals surface area contributed by atoms with E-state index in [-0.39, 0.29) is 0 Å². The van der Waals surface area contributed by atoms with Crippen molar-refractivity contribution in [3.63, 3.8) is 0 Å². The Morgan fingerprint density at radius 3 is 3.00 bits per heavy atom. The van der Waals surface area contributed by atoms with Gasteiger partial charge in [-0.3, -0.25) is 0 Å². The van der Waals surface area contributed by atoms with Gasteiger partial charge in [0.25, 0.3) is 0 Å². The molecular formula is C9H15N3S. The van der Waals surface area contributed by atoms with E-state index >= 15 is 0 Å². The monoisotopic (exact) mass is 197 g/mol. The van der Waals surface area contributed by atoms with Gasteiger partial charge in [-0.1, -0.05) is 12.8 Å². The van der Waals surface area contributed by atoms with E-state index in [4.69, 9.17) is 5.73 Å². The summed E-state index contributed by atoms with van der Waals surface area (Å²) in [5.74, 6) is 0. The fourth-order valence-electron chi connectivity index (χ4n) is 1.79. The lowest BCUT2D eigenvalue weighted by Gasteiger charge is -2.28. The van der Waals surface area contributed by atoms with Crippen LogP contribution in [0.25, 0.3) is 0 Å². The summed E-state index contributed by atoms with van der Waals surface area (Å²) in [6.07, 6.45) is 6.71. The predicted molar refractivity (Wildman–Crippen MR) is 56.0 cm³/mol. The molecule has 0 saturated heterocycles. The topological polar surface area (TPSA) is 50.9 Å². The molecule has 3 nitrogen and oxygen atoms in total. The Kier molecular flexibility index (Phi) is 2.80. The third-order valence-electron chi connectivity index (χ3n) is 2.56. The van der Waals surface area contributed by atoms with Gasteiger partial charge in [-0.15, -0.1) is 11.3 Å². The van der Waals surface area contributed by atoms with Crippen LogP contribution in [0.3, 0.4) is 0 Å². The molecule has 1 fully saturated rings. The highest BCUT2D eigenvalue weighted by Crippen LogP contribution is 2.21. The smallest absolute Gasteiger partial charge is 0.182 e. The number of rotatable bonds is 2. The van der Waals surface area contributed by atoms with E-state index in [1.165, 1.54) is 19.3 Å². The first-order chi connectivity index (χ1) is 6.36. The van der Waals surface area contributed by atoms with Crippen LogP contribution < -0.4 is 11.1 Å². The molecule has 0 radical (unpaired) electrons. The molecule has 72 valence electrons. The van der Waals surface area contributed by atoms with E-state index in [1.807, 2.05) is 11.6 Å². The highest BCUT2D eigenvalue weighted by atomic mass is 32.1. The second-order valence-corrected chi connectivity index (χ2v) is 4.43. The SMILES string of the molecule is N[C@@H]1CCCC[C@@H]1Nc1nccs1. The summed E-state index contributed by atoms with van der Waals surface area (Å²) in [6.45, 7) is 0. The van der Waals surface area contributed by atoms with Crippen molar-refractivity contribution in [2.75, 3.05) is 5.32 Å². The first-order valence-corrected chi connectivity index (χ1v) is 5.66. The van der Waals surface area contributed by atoms with Crippen molar-refractivity contribution in [3.8, 4) is 0 Å². The highest BCUT2D eigenvalue weighted by molar-refractivity contribution is 7.13. The molecule has 0 amide bonds. The van der Waals surface area contributed by atoms with Crippen molar-refractivity contribution in [2.24, 2.45) is 5.73 Å². The molecule has 2 rings (SSSR count). The van der Waals surface area contributed by atoms with Gasteiger partial charge in [0.2, 0.25) is 0 Å². The minimum atomic E-state index is 0.303. The zero-order valence-corrected chi connectivity index (χ0v) is 8.39. The van der Waals surface area contributed by atoms with E-state index in [1.54, 1.807) is 11.3 Å². The van der Waals surface area contributed by atoms with E-state index in [0.29, 0.717) is 12.1 Å². The Hall–Kier alpha value is -0.610. The van der Waals surface area contributed by atoms with Crippen LogP contribution in [0.4, 0.5) is 5.13 Å². The van der Waals surface area contributed by atoms with Gasteiger partial charge in [0, 0.05) is 23.7 Å². The number of hydrogen-bond acceptors (Lipinski definition) is 4. The number of aromatic nitrogens is 1. The normalized spacial score (nSPS) is 28.7. The molecular weight excluding hydrogens is 182 g/mol. The quantitative estimate of drug-likeness (QED) is 0.760. The van der Waals surface area contributed by atoms with Crippen molar-refractivity contribution in [3.05, 3.63) is 11.6 Å². The van der Waals surface area contributed by atoms with Gasteiger partial charge in [-0.25, -0.2) is 4.98 Å². The Bertz CT molecular complexity index is 247. The minimum Gasteiger partial charge on any atom is -0.357 e. The van der Waals surface area contributed by atoms with Crippen LogP contribution in [0.5, 0.6) is 0 Å². The van der Waals surface area contributed by atoms with Gasteiger partial charge >= 0.3 is 0 Å². The van der Waals surface area contributed by atoms with E-state index in [9.17, 15) is 0 Å². The Balaban J connectivity index is 1.93. The molecule has 1 aliphatic rings. The van der Waals surface area contributed by atoms with Crippen molar-refractivity contribution in [2.45, 2.75) is 37.8 Å². The number of thiazole rings is 1. The van der Waals surface area contributed by atoms with Crippen molar-refractivity contribution in [1.29, 1.82) is 0 Å². The fraction of sp³-hybridized carbons (Fsp3) is 0.667.